The zero-order valence-corrected chi connectivity index (χ0v) is 8.95. The van der Waals surface area contributed by atoms with Crippen molar-refractivity contribution < 1.29 is 15.0 Å². The first-order valence-electron chi connectivity index (χ1n) is 4.61. The van der Waals surface area contributed by atoms with Crippen molar-refractivity contribution >= 4 is 5.91 Å². The van der Waals surface area contributed by atoms with E-state index in [1.54, 1.807) is 0 Å². The van der Waals surface area contributed by atoms with Crippen molar-refractivity contribution in [2.75, 3.05) is 13.2 Å². The van der Waals surface area contributed by atoms with Crippen molar-refractivity contribution in [3.63, 3.8) is 0 Å². The predicted octanol–water partition coefficient (Wildman–Crippen LogP) is -1.17. The van der Waals surface area contributed by atoms with E-state index in [-0.39, 0.29) is 24.5 Å². The Morgan fingerprint density at radius 3 is 2.36 bits per heavy atom. The highest BCUT2D eigenvalue weighted by molar-refractivity contribution is 5.82. The van der Waals surface area contributed by atoms with Crippen LogP contribution in [0.3, 0.4) is 0 Å². The normalized spacial score (nSPS) is 16.1. The van der Waals surface area contributed by atoms with Crippen molar-refractivity contribution in [2.45, 2.75) is 32.9 Å². The molecule has 0 unspecified atom stereocenters. The molecule has 1 amide bonds. The molecule has 5 heteroatoms. The van der Waals surface area contributed by atoms with E-state index in [9.17, 15) is 4.79 Å². The number of carbonyl (C=O) groups excluding carboxylic acids is 1. The third-order valence-electron chi connectivity index (χ3n) is 1.94. The average molecular weight is 204 g/mol. The number of amides is 1. The molecule has 0 bridgehead atoms. The van der Waals surface area contributed by atoms with E-state index >= 15 is 0 Å². The molecule has 0 rings (SSSR count). The van der Waals surface area contributed by atoms with Gasteiger partial charge >= 0.3 is 0 Å². The molecule has 5 N–H and O–H groups in total. The molecular weight excluding hydrogens is 184 g/mol. The summed E-state index contributed by atoms with van der Waals surface area (Å²) in [5, 5.41) is 20.0. The number of carbonyl (C=O) groups is 1. The largest absolute Gasteiger partial charge is 0.394 e. The van der Waals surface area contributed by atoms with E-state index < -0.39 is 12.1 Å². The maximum atomic E-state index is 11.4. The fourth-order valence-electron chi connectivity index (χ4n) is 0.786. The third kappa shape index (κ3) is 4.55. The molecule has 0 saturated carbocycles. The molecule has 14 heavy (non-hydrogen) atoms. The zero-order valence-electron chi connectivity index (χ0n) is 8.95. The Labute approximate surface area is 84.3 Å². The van der Waals surface area contributed by atoms with Crippen molar-refractivity contribution in [3.05, 3.63) is 0 Å². The molecule has 2 atom stereocenters. The van der Waals surface area contributed by atoms with Gasteiger partial charge in [0.25, 0.3) is 0 Å². The van der Waals surface area contributed by atoms with Crippen molar-refractivity contribution in [1.29, 1.82) is 0 Å². The van der Waals surface area contributed by atoms with Crippen LogP contribution in [0, 0.1) is 5.41 Å². The van der Waals surface area contributed by atoms with E-state index in [1.807, 2.05) is 20.8 Å². The highest BCUT2D eigenvalue weighted by Crippen LogP contribution is 2.16. The molecule has 0 spiro atoms. The van der Waals surface area contributed by atoms with Crippen LogP contribution in [-0.4, -0.2) is 41.4 Å². The van der Waals surface area contributed by atoms with E-state index in [0.29, 0.717) is 0 Å². The Bertz CT molecular complexity index is 189. The number of rotatable bonds is 4. The third-order valence-corrected chi connectivity index (χ3v) is 1.94. The lowest BCUT2D eigenvalue weighted by Gasteiger charge is -2.26. The molecule has 5 nitrogen and oxygen atoms in total. The summed E-state index contributed by atoms with van der Waals surface area (Å²) in [6.45, 7) is 5.24. The summed E-state index contributed by atoms with van der Waals surface area (Å²) in [7, 11) is 0. The summed E-state index contributed by atoms with van der Waals surface area (Å²) in [4.78, 5) is 11.4. The quantitative estimate of drug-likeness (QED) is 0.464. The highest BCUT2D eigenvalue weighted by atomic mass is 16.3. The molecule has 0 radical (unpaired) electrons. The number of aliphatic hydroxyl groups is 2. The van der Waals surface area contributed by atoms with Crippen LogP contribution in [0.5, 0.6) is 0 Å². The van der Waals surface area contributed by atoms with Crippen molar-refractivity contribution in [2.24, 2.45) is 11.1 Å². The standard InChI is InChI=1S/C9H20N2O3/c1-9(2,3)7(10)8(14)11-4-6(13)5-12/h6-7,12-13H,4-5,10H2,1-3H3,(H,11,14)/t6-,7-/m1/s1. The SMILES string of the molecule is CC(C)(C)[C@H](N)C(=O)NC[C@@H](O)CO. The van der Waals surface area contributed by atoms with Crippen LogP contribution in [0.1, 0.15) is 20.8 Å². The van der Waals surface area contributed by atoms with Crippen LogP contribution in [-0.2, 0) is 4.79 Å². The molecule has 0 saturated heterocycles. The Morgan fingerprint density at radius 2 is 2.00 bits per heavy atom. The summed E-state index contributed by atoms with van der Waals surface area (Å²) in [6, 6.07) is -0.617. The van der Waals surface area contributed by atoms with Crippen LogP contribution in [0.4, 0.5) is 0 Å². The highest BCUT2D eigenvalue weighted by Gasteiger charge is 2.27. The van der Waals surface area contributed by atoms with Crippen molar-refractivity contribution in [3.8, 4) is 0 Å². The van der Waals surface area contributed by atoms with E-state index in [2.05, 4.69) is 5.32 Å². The topological polar surface area (TPSA) is 95.6 Å². The monoisotopic (exact) mass is 204 g/mol. The van der Waals surface area contributed by atoms with Crippen molar-refractivity contribution in [1.82, 2.24) is 5.32 Å². The van der Waals surface area contributed by atoms with E-state index in [4.69, 9.17) is 15.9 Å². The van der Waals surface area contributed by atoms with Gasteiger partial charge in [0, 0.05) is 6.54 Å². The van der Waals surface area contributed by atoms with E-state index in [1.165, 1.54) is 0 Å². The zero-order chi connectivity index (χ0) is 11.4. The second-order valence-corrected chi connectivity index (χ2v) is 4.43. The Balaban J connectivity index is 3.97. The van der Waals surface area contributed by atoms with Crippen LogP contribution in [0.25, 0.3) is 0 Å². The number of aliphatic hydroxyl groups excluding tert-OH is 2. The Kier molecular flexibility index (Phi) is 5.04. The molecule has 0 aromatic rings. The lowest BCUT2D eigenvalue weighted by Crippen LogP contribution is -2.50. The van der Waals surface area contributed by atoms with Gasteiger partial charge in [-0.25, -0.2) is 0 Å². The minimum atomic E-state index is -0.925. The molecule has 0 aromatic carbocycles. The van der Waals surface area contributed by atoms with Gasteiger partial charge in [-0.2, -0.15) is 0 Å². The van der Waals surface area contributed by atoms with Gasteiger partial charge in [0.2, 0.25) is 5.91 Å². The predicted molar refractivity (Wildman–Crippen MR) is 53.5 cm³/mol. The molecule has 0 aliphatic carbocycles. The summed E-state index contributed by atoms with van der Waals surface area (Å²) in [5.41, 5.74) is 5.35. The van der Waals surface area contributed by atoms with Gasteiger partial charge in [0.05, 0.1) is 18.8 Å². The molecule has 0 fully saturated rings. The Morgan fingerprint density at radius 1 is 1.50 bits per heavy atom. The molecule has 0 heterocycles. The summed E-state index contributed by atoms with van der Waals surface area (Å²) in [5.74, 6) is -0.315. The van der Waals surface area contributed by atoms with Gasteiger partial charge in [0.15, 0.2) is 0 Å². The van der Waals surface area contributed by atoms with Gasteiger partial charge in [-0.1, -0.05) is 20.8 Å². The molecule has 84 valence electrons. The second-order valence-electron chi connectivity index (χ2n) is 4.43. The van der Waals surface area contributed by atoms with Gasteiger partial charge in [-0.3, -0.25) is 4.79 Å². The maximum Gasteiger partial charge on any atom is 0.237 e. The van der Waals surface area contributed by atoms with Gasteiger partial charge in [-0.05, 0) is 5.41 Å². The summed E-state index contributed by atoms with van der Waals surface area (Å²) < 4.78 is 0. The molecule has 0 aliphatic heterocycles. The smallest absolute Gasteiger partial charge is 0.237 e. The van der Waals surface area contributed by atoms with Gasteiger partial charge in [-0.15, -0.1) is 0 Å². The summed E-state index contributed by atoms with van der Waals surface area (Å²) >= 11 is 0. The minimum absolute atomic E-state index is 0.0269. The first-order valence-corrected chi connectivity index (χ1v) is 4.61. The fraction of sp³-hybridized carbons (Fsp3) is 0.889. The number of hydrogen-bond acceptors (Lipinski definition) is 4. The summed E-state index contributed by atoms with van der Waals surface area (Å²) in [6.07, 6.45) is -0.925. The van der Waals surface area contributed by atoms with Crippen LogP contribution < -0.4 is 11.1 Å². The first-order chi connectivity index (χ1) is 6.29. The van der Waals surface area contributed by atoms with Gasteiger partial charge in [0.1, 0.15) is 0 Å². The lowest BCUT2D eigenvalue weighted by atomic mass is 9.87. The first kappa shape index (κ1) is 13.4. The molecular formula is C9H20N2O3. The van der Waals surface area contributed by atoms with Crippen LogP contribution in [0.15, 0.2) is 0 Å². The molecule has 0 aromatic heterocycles. The average Bonchev–Trinajstić information content (AvgIpc) is 2.10. The number of hydrogen-bond donors (Lipinski definition) is 4. The van der Waals surface area contributed by atoms with Crippen LogP contribution in [0.2, 0.25) is 0 Å². The lowest BCUT2D eigenvalue weighted by molar-refractivity contribution is -0.125. The van der Waals surface area contributed by atoms with E-state index in [0.717, 1.165) is 0 Å². The van der Waals surface area contributed by atoms with Crippen LogP contribution >= 0.6 is 0 Å². The maximum absolute atomic E-state index is 11.4. The second kappa shape index (κ2) is 5.29. The minimum Gasteiger partial charge on any atom is -0.394 e. The number of nitrogens with one attached hydrogen (secondary N) is 1. The fourth-order valence-corrected chi connectivity index (χ4v) is 0.786. The van der Waals surface area contributed by atoms with Gasteiger partial charge < -0.3 is 21.3 Å². The molecule has 0 aliphatic rings. The number of nitrogens with two attached hydrogens (primary N) is 1. The Hall–Kier alpha value is -0.650.